The highest BCUT2D eigenvalue weighted by atomic mass is 16.2. The van der Waals surface area contributed by atoms with Crippen molar-refractivity contribution in [2.75, 3.05) is 6.54 Å². The molecule has 116 valence electrons. The molecular weight excluding hydrogens is 260 g/mol. The summed E-state index contributed by atoms with van der Waals surface area (Å²) in [5, 5.41) is 0. The number of rotatable bonds is 6. The molecule has 1 saturated carbocycles. The first-order valence-electron chi connectivity index (χ1n) is 8.29. The summed E-state index contributed by atoms with van der Waals surface area (Å²) in [6, 6.07) is 11.0. The summed E-state index contributed by atoms with van der Waals surface area (Å²) in [5.74, 6) is 0.307. The summed E-state index contributed by atoms with van der Waals surface area (Å²) in [6.45, 7) is 3.03. The third-order valence-electron chi connectivity index (χ3n) is 4.44. The molecule has 0 unspecified atom stereocenters. The van der Waals surface area contributed by atoms with Gasteiger partial charge in [0.25, 0.3) is 0 Å². The minimum absolute atomic E-state index is 0.307. The summed E-state index contributed by atoms with van der Waals surface area (Å²) < 4.78 is 0. The Bertz CT molecular complexity index is 424. The highest BCUT2D eigenvalue weighted by Crippen LogP contribution is 2.23. The van der Waals surface area contributed by atoms with Gasteiger partial charge < -0.3 is 10.6 Å². The van der Waals surface area contributed by atoms with E-state index in [0.29, 0.717) is 24.4 Å². The van der Waals surface area contributed by atoms with Crippen molar-refractivity contribution in [2.24, 2.45) is 5.73 Å². The number of hydrogen-bond acceptors (Lipinski definition) is 2. The third kappa shape index (κ3) is 4.85. The van der Waals surface area contributed by atoms with Gasteiger partial charge in [-0.05, 0) is 44.1 Å². The van der Waals surface area contributed by atoms with Gasteiger partial charge in [-0.1, -0.05) is 37.3 Å². The van der Waals surface area contributed by atoms with Crippen LogP contribution >= 0.6 is 0 Å². The fraction of sp³-hybridized carbons (Fsp3) is 0.611. The fourth-order valence-electron chi connectivity index (χ4n) is 3.20. The van der Waals surface area contributed by atoms with Crippen LogP contribution in [0.5, 0.6) is 0 Å². The summed E-state index contributed by atoms with van der Waals surface area (Å²) >= 11 is 0. The second-order valence-corrected chi connectivity index (χ2v) is 6.14. The van der Waals surface area contributed by atoms with E-state index in [-0.39, 0.29) is 0 Å². The second kappa shape index (κ2) is 8.18. The Morgan fingerprint density at radius 1 is 1.19 bits per heavy atom. The van der Waals surface area contributed by atoms with Crippen LogP contribution in [0.4, 0.5) is 0 Å². The van der Waals surface area contributed by atoms with Crippen molar-refractivity contribution < 1.29 is 4.79 Å². The maximum Gasteiger partial charge on any atom is 0.223 e. The Balaban J connectivity index is 1.89. The predicted molar refractivity (Wildman–Crippen MR) is 87.0 cm³/mol. The van der Waals surface area contributed by atoms with Gasteiger partial charge in [0.15, 0.2) is 0 Å². The minimum atomic E-state index is 0.307. The second-order valence-electron chi connectivity index (χ2n) is 6.14. The van der Waals surface area contributed by atoms with Gasteiger partial charge in [-0.25, -0.2) is 0 Å². The van der Waals surface area contributed by atoms with Crippen molar-refractivity contribution in [3.8, 4) is 0 Å². The van der Waals surface area contributed by atoms with Crippen LogP contribution in [0.3, 0.4) is 0 Å². The van der Waals surface area contributed by atoms with Crippen LogP contribution in [-0.4, -0.2) is 29.4 Å². The van der Waals surface area contributed by atoms with Crippen molar-refractivity contribution in [3.05, 3.63) is 35.9 Å². The molecule has 2 N–H and O–H groups in total. The molecular formula is C18H28N2O. The van der Waals surface area contributed by atoms with Gasteiger partial charge in [0.05, 0.1) is 0 Å². The lowest BCUT2D eigenvalue weighted by Gasteiger charge is -2.36. The highest BCUT2D eigenvalue weighted by Gasteiger charge is 2.26. The topological polar surface area (TPSA) is 46.3 Å². The number of nitrogens with two attached hydrogens (primary N) is 1. The van der Waals surface area contributed by atoms with E-state index in [1.165, 1.54) is 5.56 Å². The number of carbonyl (C=O) groups excluding carboxylic acids is 1. The van der Waals surface area contributed by atoms with Crippen molar-refractivity contribution in [1.82, 2.24) is 4.90 Å². The molecule has 2 rings (SSSR count). The van der Waals surface area contributed by atoms with Gasteiger partial charge in [-0.3, -0.25) is 4.79 Å². The van der Waals surface area contributed by atoms with E-state index >= 15 is 0 Å². The molecule has 1 aromatic carbocycles. The molecule has 0 aliphatic heterocycles. The van der Waals surface area contributed by atoms with Gasteiger partial charge in [0, 0.05) is 25.0 Å². The molecule has 1 aromatic rings. The van der Waals surface area contributed by atoms with Gasteiger partial charge in [-0.15, -0.1) is 0 Å². The Morgan fingerprint density at radius 2 is 1.86 bits per heavy atom. The van der Waals surface area contributed by atoms with Crippen LogP contribution in [0.25, 0.3) is 0 Å². The van der Waals surface area contributed by atoms with Crippen LogP contribution in [0.1, 0.15) is 51.0 Å². The molecule has 3 nitrogen and oxygen atoms in total. The van der Waals surface area contributed by atoms with Crippen LogP contribution < -0.4 is 5.73 Å². The van der Waals surface area contributed by atoms with Crippen LogP contribution in [0.15, 0.2) is 30.3 Å². The van der Waals surface area contributed by atoms with E-state index in [4.69, 9.17) is 5.73 Å². The Morgan fingerprint density at radius 3 is 2.48 bits per heavy atom. The first kappa shape index (κ1) is 16.0. The molecule has 0 spiro atoms. The van der Waals surface area contributed by atoms with Crippen molar-refractivity contribution in [3.63, 3.8) is 0 Å². The lowest BCUT2D eigenvalue weighted by molar-refractivity contribution is -0.134. The van der Waals surface area contributed by atoms with Crippen LogP contribution in [0, 0.1) is 0 Å². The summed E-state index contributed by atoms with van der Waals surface area (Å²) in [7, 11) is 0. The van der Waals surface area contributed by atoms with Crippen LogP contribution in [-0.2, 0) is 11.2 Å². The first-order valence-corrected chi connectivity index (χ1v) is 8.29. The summed E-state index contributed by atoms with van der Waals surface area (Å²) in [4.78, 5) is 14.7. The monoisotopic (exact) mass is 288 g/mol. The molecule has 3 heteroatoms. The number of hydrogen-bond donors (Lipinski definition) is 1. The molecule has 1 aliphatic carbocycles. The van der Waals surface area contributed by atoms with E-state index in [0.717, 1.165) is 45.1 Å². The molecule has 0 bridgehead atoms. The zero-order valence-corrected chi connectivity index (χ0v) is 13.1. The minimum Gasteiger partial charge on any atom is -0.340 e. The quantitative estimate of drug-likeness (QED) is 0.874. The molecule has 0 saturated heterocycles. The average molecular weight is 288 g/mol. The smallest absolute Gasteiger partial charge is 0.223 e. The predicted octanol–water partition coefficient (Wildman–Crippen LogP) is 3.13. The molecule has 1 aliphatic rings. The average Bonchev–Trinajstić information content (AvgIpc) is 2.52. The number of aryl methyl sites for hydroxylation is 1. The van der Waals surface area contributed by atoms with E-state index in [1.54, 1.807) is 0 Å². The molecule has 1 amide bonds. The number of amides is 1. The van der Waals surface area contributed by atoms with E-state index in [9.17, 15) is 4.79 Å². The standard InChI is InChI=1S/C18H28N2O/c1-2-14-20(17-11-9-16(19)10-12-17)18(21)13-8-15-6-4-3-5-7-15/h3-7,16-17H,2,8-14,19H2,1H3. The van der Waals surface area contributed by atoms with E-state index < -0.39 is 0 Å². The Hall–Kier alpha value is -1.35. The van der Waals surface area contributed by atoms with Gasteiger partial charge in [0.1, 0.15) is 0 Å². The zero-order chi connectivity index (χ0) is 15.1. The SMILES string of the molecule is CCCN(C(=O)CCc1ccccc1)C1CCC(N)CC1. The number of carbonyl (C=O) groups is 1. The lowest BCUT2D eigenvalue weighted by atomic mass is 9.90. The Kier molecular flexibility index (Phi) is 6.24. The van der Waals surface area contributed by atoms with Gasteiger partial charge in [0.2, 0.25) is 5.91 Å². The number of nitrogens with zero attached hydrogens (tertiary/aromatic N) is 1. The van der Waals surface area contributed by atoms with Crippen LogP contribution in [0.2, 0.25) is 0 Å². The molecule has 1 fully saturated rings. The third-order valence-corrected chi connectivity index (χ3v) is 4.44. The maximum atomic E-state index is 12.6. The lowest BCUT2D eigenvalue weighted by Crippen LogP contribution is -2.44. The van der Waals surface area contributed by atoms with Gasteiger partial charge in [-0.2, -0.15) is 0 Å². The van der Waals surface area contributed by atoms with Crippen molar-refractivity contribution in [2.45, 2.75) is 64.0 Å². The zero-order valence-electron chi connectivity index (χ0n) is 13.1. The molecule has 0 radical (unpaired) electrons. The number of benzene rings is 1. The molecule has 0 heterocycles. The van der Waals surface area contributed by atoms with Crippen molar-refractivity contribution >= 4 is 5.91 Å². The van der Waals surface area contributed by atoms with E-state index in [1.807, 2.05) is 18.2 Å². The molecule has 21 heavy (non-hydrogen) atoms. The molecule has 0 aromatic heterocycles. The first-order chi connectivity index (χ1) is 10.2. The van der Waals surface area contributed by atoms with Crippen molar-refractivity contribution in [1.29, 1.82) is 0 Å². The normalized spacial score (nSPS) is 22.0. The van der Waals surface area contributed by atoms with Gasteiger partial charge >= 0.3 is 0 Å². The Labute approximate surface area is 128 Å². The molecule has 0 atom stereocenters. The summed E-state index contributed by atoms with van der Waals surface area (Å²) in [6.07, 6.45) is 6.72. The maximum absolute atomic E-state index is 12.6. The largest absolute Gasteiger partial charge is 0.340 e. The van der Waals surface area contributed by atoms with E-state index in [2.05, 4.69) is 24.0 Å². The fourth-order valence-corrected chi connectivity index (χ4v) is 3.20. The highest BCUT2D eigenvalue weighted by molar-refractivity contribution is 5.76. The summed E-state index contributed by atoms with van der Waals surface area (Å²) in [5.41, 5.74) is 7.22.